The molecule has 2 heteroatoms. The molecule has 0 radical (unpaired) electrons. The van der Waals surface area contributed by atoms with Crippen molar-refractivity contribution in [2.45, 2.75) is 50.7 Å². The van der Waals surface area contributed by atoms with E-state index in [4.69, 9.17) is 0 Å². The van der Waals surface area contributed by atoms with Crippen LogP contribution in [0.25, 0.3) is 0 Å². The van der Waals surface area contributed by atoms with E-state index in [1.54, 1.807) is 0 Å². The Morgan fingerprint density at radius 2 is 1.94 bits per heavy atom. The number of nitrogens with one attached hydrogen (secondary N) is 1. The molecule has 0 spiro atoms. The van der Waals surface area contributed by atoms with Gasteiger partial charge in [0.05, 0.1) is 0 Å². The molecule has 1 nitrogen and oxygen atoms in total. The number of alkyl halides is 1. The van der Waals surface area contributed by atoms with Crippen LogP contribution in [0, 0.1) is 0 Å². The minimum absolute atomic E-state index is 0.288. The van der Waals surface area contributed by atoms with Crippen LogP contribution < -0.4 is 5.32 Å². The monoisotopic (exact) mass is 235 g/mol. The van der Waals surface area contributed by atoms with E-state index in [0.29, 0.717) is 6.42 Å². The Bertz CT molecular complexity index is 369. The first-order chi connectivity index (χ1) is 8.14. The van der Waals surface area contributed by atoms with Crippen LogP contribution >= 0.6 is 0 Å². The molecule has 1 aromatic rings. The molecular weight excluding hydrogens is 213 g/mol. The zero-order valence-corrected chi connectivity index (χ0v) is 10.8. The van der Waals surface area contributed by atoms with Gasteiger partial charge in [0.15, 0.2) is 0 Å². The summed E-state index contributed by atoms with van der Waals surface area (Å²) in [6.45, 7) is 2.12. The Kier molecular flexibility index (Phi) is 3.82. The van der Waals surface area contributed by atoms with E-state index < -0.39 is 5.67 Å². The summed E-state index contributed by atoms with van der Waals surface area (Å²) >= 11 is 0. The molecule has 1 saturated carbocycles. The smallest absolute Gasteiger partial charge is 0.115 e. The van der Waals surface area contributed by atoms with Crippen LogP contribution in [0.3, 0.4) is 0 Å². The average Bonchev–Trinajstić information content (AvgIpc) is 2.75. The van der Waals surface area contributed by atoms with Crippen molar-refractivity contribution in [3.05, 3.63) is 35.4 Å². The number of hydrogen-bond acceptors (Lipinski definition) is 1. The minimum atomic E-state index is -0.955. The summed E-state index contributed by atoms with van der Waals surface area (Å²) < 4.78 is 14.5. The second kappa shape index (κ2) is 5.18. The summed E-state index contributed by atoms with van der Waals surface area (Å²) in [6, 6.07) is 8.51. The molecule has 0 bridgehead atoms. The van der Waals surface area contributed by atoms with Crippen LogP contribution in [0.15, 0.2) is 24.3 Å². The molecule has 17 heavy (non-hydrogen) atoms. The normalized spacial score (nSPS) is 20.4. The van der Waals surface area contributed by atoms with Crippen molar-refractivity contribution in [3.8, 4) is 0 Å². The Labute approximate surface area is 103 Å². The third-order valence-corrected chi connectivity index (χ3v) is 3.96. The number of benzene rings is 1. The van der Waals surface area contributed by atoms with Gasteiger partial charge in [0.25, 0.3) is 0 Å². The van der Waals surface area contributed by atoms with Crippen molar-refractivity contribution in [2.24, 2.45) is 0 Å². The summed E-state index contributed by atoms with van der Waals surface area (Å²) in [5.74, 6) is 0. The van der Waals surface area contributed by atoms with Gasteiger partial charge < -0.3 is 5.32 Å². The van der Waals surface area contributed by atoms with Crippen LogP contribution in [0.4, 0.5) is 4.39 Å². The van der Waals surface area contributed by atoms with E-state index in [-0.39, 0.29) is 6.04 Å². The molecule has 1 N–H and O–H groups in total. The van der Waals surface area contributed by atoms with Crippen molar-refractivity contribution in [1.82, 2.24) is 5.32 Å². The molecule has 1 atom stereocenters. The van der Waals surface area contributed by atoms with E-state index in [1.165, 1.54) is 11.1 Å². The molecular formula is C15H22FN. The van der Waals surface area contributed by atoms with Crippen molar-refractivity contribution in [1.29, 1.82) is 0 Å². The summed E-state index contributed by atoms with van der Waals surface area (Å²) in [4.78, 5) is 0. The maximum atomic E-state index is 14.5. The minimum Gasteiger partial charge on any atom is -0.313 e. The lowest BCUT2D eigenvalue weighted by Gasteiger charge is -2.23. The molecule has 2 rings (SSSR count). The Hall–Kier alpha value is -0.890. The quantitative estimate of drug-likeness (QED) is 0.837. The zero-order chi connectivity index (χ0) is 12.3. The molecule has 1 aliphatic rings. The van der Waals surface area contributed by atoms with Gasteiger partial charge in [-0.25, -0.2) is 4.39 Å². The first-order valence-electron chi connectivity index (χ1n) is 6.59. The van der Waals surface area contributed by atoms with Gasteiger partial charge >= 0.3 is 0 Å². The molecule has 1 aliphatic carbocycles. The van der Waals surface area contributed by atoms with E-state index in [1.807, 2.05) is 19.2 Å². The molecule has 0 heterocycles. The van der Waals surface area contributed by atoms with Crippen LogP contribution in [0.2, 0.25) is 0 Å². The zero-order valence-electron chi connectivity index (χ0n) is 10.8. The molecule has 0 saturated heterocycles. The molecule has 94 valence electrons. The van der Waals surface area contributed by atoms with Crippen LogP contribution in [0.1, 0.15) is 49.8 Å². The van der Waals surface area contributed by atoms with Crippen molar-refractivity contribution in [2.75, 3.05) is 7.05 Å². The molecule has 0 aromatic heterocycles. The van der Waals surface area contributed by atoms with E-state index in [2.05, 4.69) is 24.4 Å². The Balaban J connectivity index is 2.20. The molecule has 0 aliphatic heterocycles. The van der Waals surface area contributed by atoms with E-state index >= 15 is 0 Å². The largest absolute Gasteiger partial charge is 0.313 e. The van der Waals surface area contributed by atoms with Crippen LogP contribution in [-0.2, 0) is 6.42 Å². The standard InChI is InChI=1S/C15H22FN/c1-12(17-2)14-8-4-3-7-13(14)11-15(16)9-5-6-10-15/h3-4,7-8,12,17H,5-6,9-11H2,1-2H3. The summed E-state index contributed by atoms with van der Waals surface area (Å²) in [5, 5.41) is 3.24. The first kappa shape index (κ1) is 12.6. The maximum Gasteiger partial charge on any atom is 0.115 e. The topological polar surface area (TPSA) is 12.0 Å². The fourth-order valence-electron chi connectivity index (χ4n) is 2.80. The number of hydrogen-bond donors (Lipinski definition) is 1. The highest BCUT2D eigenvalue weighted by molar-refractivity contribution is 5.31. The predicted molar refractivity (Wildman–Crippen MR) is 69.9 cm³/mol. The average molecular weight is 235 g/mol. The lowest BCUT2D eigenvalue weighted by atomic mass is 9.90. The van der Waals surface area contributed by atoms with Gasteiger partial charge in [-0.05, 0) is 37.9 Å². The lowest BCUT2D eigenvalue weighted by molar-refractivity contribution is 0.172. The maximum absolute atomic E-state index is 14.5. The predicted octanol–water partition coefficient (Wildman–Crippen LogP) is 3.79. The van der Waals surface area contributed by atoms with Gasteiger partial charge in [-0.1, -0.05) is 37.1 Å². The Morgan fingerprint density at radius 1 is 1.29 bits per heavy atom. The highest BCUT2D eigenvalue weighted by Gasteiger charge is 2.34. The van der Waals surface area contributed by atoms with Crippen molar-refractivity contribution >= 4 is 0 Å². The third kappa shape index (κ3) is 2.86. The van der Waals surface area contributed by atoms with Crippen LogP contribution in [-0.4, -0.2) is 12.7 Å². The third-order valence-electron chi connectivity index (χ3n) is 3.96. The highest BCUT2D eigenvalue weighted by atomic mass is 19.1. The fourth-order valence-corrected chi connectivity index (χ4v) is 2.80. The Morgan fingerprint density at radius 3 is 2.59 bits per heavy atom. The van der Waals surface area contributed by atoms with Gasteiger partial charge in [0.2, 0.25) is 0 Å². The van der Waals surface area contributed by atoms with Gasteiger partial charge in [0, 0.05) is 12.5 Å². The van der Waals surface area contributed by atoms with Gasteiger partial charge in [-0.15, -0.1) is 0 Å². The van der Waals surface area contributed by atoms with E-state index in [9.17, 15) is 4.39 Å². The van der Waals surface area contributed by atoms with Crippen LogP contribution in [0.5, 0.6) is 0 Å². The second-order valence-corrected chi connectivity index (χ2v) is 5.24. The van der Waals surface area contributed by atoms with E-state index in [0.717, 1.165) is 25.7 Å². The molecule has 1 fully saturated rings. The van der Waals surface area contributed by atoms with Crippen molar-refractivity contribution in [3.63, 3.8) is 0 Å². The fraction of sp³-hybridized carbons (Fsp3) is 0.600. The lowest BCUT2D eigenvalue weighted by Crippen LogP contribution is -2.23. The van der Waals surface area contributed by atoms with Gasteiger partial charge in [0.1, 0.15) is 5.67 Å². The SMILES string of the molecule is CNC(C)c1ccccc1CC1(F)CCCC1. The summed E-state index contributed by atoms with van der Waals surface area (Å²) in [5.41, 5.74) is 1.45. The first-order valence-corrected chi connectivity index (χ1v) is 6.59. The molecule has 1 aromatic carbocycles. The number of halogens is 1. The molecule has 0 amide bonds. The number of rotatable bonds is 4. The van der Waals surface area contributed by atoms with Crippen molar-refractivity contribution < 1.29 is 4.39 Å². The summed E-state index contributed by atoms with van der Waals surface area (Å²) in [7, 11) is 1.95. The molecule has 1 unspecified atom stereocenters. The second-order valence-electron chi connectivity index (χ2n) is 5.24. The van der Waals surface area contributed by atoms with Gasteiger partial charge in [-0.2, -0.15) is 0 Å². The highest BCUT2D eigenvalue weighted by Crippen LogP contribution is 2.37. The summed E-state index contributed by atoms with van der Waals surface area (Å²) in [6.07, 6.45) is 4.13. The van der Waals surface area contributed by atoms with Gasteiger partial charge in [-0.3, -0.25) is 0 Å².